The van der Waals surface area contributed by atoms with Gasteiger partial charge >= 0.3 is 71.4 Å². The zero-order valence-corrected chi connectivity index (χ0v) is 21.5. The van der Waals surface area contributed by atoms with E-state index in [1.165, 1.54) is 0 Å². The number of rotatable bonds is 0. The van der Waals surface area contributed by atoms with Gasteiger partial charge in [-0.2, -0.15) is 0 Å². The highest BCUT2D eigenvalue weighted by molar-refractivity contribution is 7.07. The molecule has 7 bridgehead atoms. The Labute approximate surface area is 170 Å². The molecule has 10 unspecified atom stereocenters. The molecular formula is C2H8O20Si8. The summed E-state index contributed by atoms with van der Waals surface area (Å²) < 4.78 is 60.7. The molecule has 7 rings (SSSR count). The van der Waals surface area contributed by atoms with Crippen LogP contribution in [-0.2, 0) is 50.6 Å². The lowest BCUT2D eigenvalue weighted by Gasteiger charge is -2.55. The van der Waals surface area contributed by atoms with Crippen molar-refractivity contribution < 1.29 is 89.0 Å². The summed E-state index contributed by atoms with van der Waals surface area (Å²) in [5, 5.41) is -6.37. The Morgan fingerprint density at radius 1 is 0.333 bits per heavy atom. The summed E-state index contributed by atoms with van der Waals surface area (Å²) in [7, 11) is -43.5. The fourth-order valence-corrected chi connectivity index (χ4v) is 39.6. The van der Waals surface area contributed by atoms with Crippen LogP contribution in [0.4, 0.5) is 0 Å². The first kappa shape index (κ1) is 20.3. The molecule has 8 N–H and O–H groups in total. The second-order valence-corrected chi connectivity index (χ2v) is 26.7. The van der Waals surface area contributed by atoms with Gasteiger partial charge < -0.3 is 89.0 Å². The van der Waals surface area contributed by atoms with Gasteiger partial charge in [0.25, 0.3) is 10.1 Å². The van der Waals surface area contributed by atoms with Crippen LogP contribution in [0.25, 0.3) is 0 Å². The van der Waals surface area contributed by atoms with Crippen molar-refractivity contribution in [1.82, 2.24) is 0 Å². The smallest absolute Gasteiger partial charge is 0.388 e. The maximum Gasteiger partial charge on any atom is 0.675 e. The van der Waals surface area contributed by atoms with Crippen molar-refractivity contribution in [2.24, 2.45) is 0 Å². The third-order valence-electron chi connectivity index (χ3n) is 4.89. The van der Waals surface area contributed by atoms with Crippen molar-refractivity contribution in [3.05, 3.63) is 0 Å². The summed E-state index contributed by atoms with van der Waals surface area (Å²) in [5.41, 5.74) is 0. The molecule has 0 saturated carbocycles. The van der Waals surface area contributed by atoms with Gasteiger partial charge in [-0.1, -0.05) is 0 Å². The Kier molecular flexibility index (Phi) is 3.19. The van der Waals surface area contributed by atoms with Crippen molar-refractivity contribution in [2.75, 3.05) is 0 Å². The second-order valence-electron chi connectivity index (χ2n) is 6.88. The van der Waals surface area contributed by atoms with Gasteiger partial charge in [0.2, 0.25) is 0 Å². The topological polar surface area (TPSA) is 273 Å². The first-order valence-corrected chi connectivity index (χ1v) is 21.4. The van der Waals surface area contributed by atoms with Crippen LogP contribution in [0.2, 0.25) is 0 Å². The molecule has 7 saturated heterocycles. The fourth-order valence-electron chi connectivity index (χ4n) is 3.91. The van der Waals surface area contributed by atoms with E-state index in [0.29, 0.717) is 0 Å². The van der Waals surface area contributed by atoms with Gasteiger partial charge in [0, 0.05) is 0 Å². The lowest BCUT2D eigenvalue weighted by atomic mass is 11.4. The average Bonchev–Trinajstić information content (AvgIpc) is 2.55. The molecule has 0 aliphatic carbocycles. The van der Waals surface area contributed by atoms with Crippen LogP contribution in [0.1, 0.15) is 0 Å². The lowest BCUT2D eigenvalue weighted by molar-refractivity contribution is -0.158. The maximum absolute atomic E-state index is 11.3. The molecule has 10 atom stereocenters. The zero-order chi connectivity index (χ0) is 21.5. The van der Waals surface area contributed by atoms with E-state index in [9.17, 15) is 38.4 Å². The van der Waals surface area contributed by atoms with Gasteiger partial charge in [-0.15, -0.1) is 0 Å². The number of hydrogen-bond donors (Lipinski definition) is 8. The summed E-state index contributed by atoms with van der Waals surface area (Å²) in [6.07, 6.45) is 0. The van der Waals surface area contributed by atoms with Crippen molar-refractivity contribution in [3.8, 4) is 0 Å². The minimum Gasteiger partial charge on any atom is -0.388 e. The Morgan fingerprint density at radius 3 is 1.30 bits per heavy atom. The maximum atomic E-state index is 11.3. The van der Waals surface area contributed by atoms with E-state index in [-0.39, 0.29) is 0 Å². The molecule has 7 aliphatic heterocycles. The summed E-state index contributed by atoms with van der Waals surface area (Å²) in [5.74, 6) is 0. The fraction of sp³-hybridized carbons (Fsp3) is 1.00. The van der Waals surface area contributed by atoms with Crippen LogP contribution >= 0.6 is 0 Å². The van der Waals surface area contributed by atoms with Crippen LogP contribution < -0.4 is 0 Å². The van der Waals surface area contributed by atoms with Crippen molar-refractivity contribution >= 4 is 71.4 Å². The SMILES string of the molecule is O[Si]12OC34O[Si]5(O)O[Si](O)(O1)O[Si]1(O)O[Si]6(O)O[Si](O)(O[Si]3(O)OC16O2)O[Si]4(O)O5. The lowest BCUT2D eigenvalue weighted by Crippen LogP contribution is -2.94. The number of hydrogen-bond acceptors (Lipinski definition) is 20. The van der Waals surface area contributed by atoms with E-state index >= 15 is 0 Å². The summed E-state index contributed by atoms with van der Waals surface area (Å²) >= 11 is 0. The predicted octanol–water partition coefficient (Wildman–Crippen LogP) is -8.73. The van der Waals surface area contributed by atoms with Crippen molar-refractivity contribution in [2.45, 2.75) is 10.1 Å². The first-order chi connectivity index (χ1) is 13.5. The van der Waals surface area contributed by atoms with Crippen LogP contribution in [0.15, 0.2) is 0 Å². The highest BCUT2D eigenvalue weighted by Crippen LogP contribution is 2.63. The average molecular weight is 577 g/mol. The van der Waals surface area contributed by atoms with E-state index < -0.39 is 81.5 Å². The molecule has 168 valence electrons. The quantitative estimate of drug-likeness (QED) is 0.124. The first-order valence-electron chi connectivity index (χ1n) is 7.69. The van der Waals surface area contributed by atoms with Crippen LogP contribution in [0, 0.1) is 0 Å². The number of fused-ring (bicyclic) bond motifs is 3. The molecular weight excluding hydrogens is 569 g/mol. The van der Waals surface area contributed by atoms with E-state index in [4.69, 9.17) is 50.6 Å². The van der Waals surface area contributed by atoms with Gasteiger partial charge in [0.1, 0.15) is 0 Å². The minimum absolute atomic E-state index is 3.13. The van der Waals surface area contributed by atoms with Gasteiger partial charge in [0.15, 0.2) is 0 Å². The Hall–Kier alpha value is 0.935. The van der Waals surface area contributed by atoms with Crippen molar-refractivity contribution in [3.63, 3.8) is 0 Å². The third-order valence-corrected chi connectivity index (χ3v) is 33.7. The van der Waals surface area contributed by atoms with E-state index in [2.05, 4.69) is 0 Å². The summed E-state index contributed by atoms with van der Waals surface area (Å²) in [4.78, 5) is 87.2. The molecule has 7 fully saturated rings. The Bertz CT molecular complexity index is 919. The summed E-state index contributed by atoms with van der Waals surface area (Å²) in [6, 6.07) is 0. The molecule has 0 aromatic carbocycles. The molecule has 0 aromatic heterocycles. The monoisotopic (exact) mass is 576 g/mol. The van der Waals surface area contributed by atoms with E-state index in [0.717, 1.165) is 0 Å². The molecule has 7 aliphatic rings. The summed E-state index contributed by atoms with van der Waals surface area (Å²) in [6.45, 7) is 0. The molecule has 7 heterocycles. The van der Waals surface area contributed by atoms with Crippen LogP contribution in [0.3, 0.4) is 0 Å². The Balaban J connectivity index is 1.62. The highest BCUT2D eigenvalue weighted by atomic mass is 28.6. The van der Waals surface area contributed by atoms with E-state index in [1.807, 2.05) is 0 Å². The molecule has 0 aromatic rings. The van der Waals surface area contributed by atoms with Crippen LogP contribution in [0.5, 0.6) is 0 Å². The normalized spacial score (nSPS) is 74.4. The molecule has 0 amide bonds. The molecule has 20 nitrogen and oxygen atoms in total. The molecule has 28 heteroatoms. The predicted molar refractivity (Wildman–Crippen MR) is 82.3 cm³/mol. The highest BCUT2D eigenvalue weighted by Gasteiger charge is 3.07. The Morgan fingerprint density at radius 2 is 0.700 bits per heavy atom. The van der Waals surface area contributed by atoms with Gasteiger partial charge in [-0.3, -0.25) is 0 Å². The zero-order valence-electron chi connectivity index (χ0n) is 13.5. The van der Waals surface area contributed by atoms with E-state index in [1.54, 1.807) is 0 Å². The van der Waals surface area contributed by atoms with Gasteiger partial charge in [0.05, 0.1) is 0 Å². The molecule has 2 spiro atoms. The largest absolute Gasteiger partial charge is 0.675 e. The van der Waals surface area contributed by atoms with Crippen LogP contribution in [-0.4, -0.2) is 120 Å². The second kappa shape index (κ2) is 4.71. The van der Waals surface area contributed by atoms with Gasteiger partial charge in [-0.25, -0.2) is 0 Å². The minimum atomic E-state index is -5.63. The molecule has 0 radical (unpaired) electrons. The van der Waals surface area contributed by atoms with Crippen molar-refractivity contribution in [1.29, 1.82) is 0 Å². The standard InChI is InChI=1S/C2H8O20Si8/c3-23-2-13-27(7)12-1(11-23)24(4)15-25(1,5)19-30(10,21-27)22-28(8,14-2)17-26(2,6)20-29(9,16-23)18-24/h3-10H. The van der Waals surface area contributed by atoms with Gasteiger partial charge in [-0.05, 0) is 0 Å². The third kappa shape index (κ3) is 1.90. The molecule has 30 heavy (non-hydrogen) atoms.